The molecule has 0 spiro atoms. The number of nitrogens with zero attached hydrogens (tertiary/aromatic N) is 1. The minimum absolute atomic E-state index is 0.140. The van der Waals surface area contributed by atoms with Gasteiger partial charge in [0.25, 0.3) is 0 Å². The van der Waals surface area contributed by atoms with Gasteiger partial charge in [-0.05, 0) is 32.0 Å². The number of pyridine rings is 1. The number of hydrogen-bond acceptors (Lipinski definition) is 6. The zero-order valence-electron chi connectivity index (χ0n) is 15.3. The van der Waals surface area contributed by atoms with Crippen LogP contribution in [0, 0.1) is 13.8 Å². The van der Waals surface area contributed by atoms with E-state index in [-0.39, 0.29) is 12.4 Å². The third-order valence-electron chi connectivity index (χ3n) is 4.23. The first-order chi connectivity index (χ1) is 12.5. The predicted molar refractivity (Wildman–Crippen MR) is 96.5 cm³/mol. The molecule has 3 rings (SSSR count). The van der Waals surface area contributed by atoms with E-state index in [0.29, 0.717) is 23.7 Å². The number of furan rings is 1. The lowest BCUT2D eigenvalue weighted by Gasteiger charge is -2.12. The van der Waals surface area contributed by atoms with Gasteiger partial charge in [-0.3, -0.25) is 9.78 Å². The Bertz CT molecular complexity index is 945. The summed E-state index contributed by atoms with van der Waals surface area (Å²) in [5.74, 6) is 0.740. The number of esters is 1. The number of ether oxygens (including phenoxy) is 3. The average Bonchev–Trinajstić information content (AvgIpc) is 3.03. The van der Waals surface area contributed by atoms with Crippen molar-refractivity contribution in [2.24, 2.45) is 0 Å². The van der Waals surface area contributed by atoms with Crippen LogP contribution in [0.3, 0.4) is 0 Å². The minimum Gasteiger partial charge on any atom is -0.490 e. The Balaban J connectivity index is 1.88. The van der Waals surface area contributed by atoms with Crippen LogP contribution in [0.25, 0.3) is 11.0 Å². The summed E-state index contributed by atoms with van der Waals surface area (Å²) in [6, 6.07) is 7.63. The minimum atomic E-state index is -0.325. The van der Waals surface area contributed by atoms with Crippen LogP contribution in [-0.4, -0.2) is 25.2 Å². The van der Waals surface area contributed by atoms with Gasteiger partial charge in [0.1, 0.15) is 6.61 Å². The average molecular weight is 355 g/mol. The molecule has 6 heteroatoms. The molecule has 2 heterocycles. The molecular weight excluding hydrogens is 334 g/mol. The molecule has 3 aromatic rings. The number of rotatable bonds is 6. The summed E-state index contributed by atoms with van der Waals surface area (Å²) >= 11 is 0. The van der Waals surface area contributed by atoms with Gasteiger partial charge < -0.3 is 18.6 Å². The third-order valence-corrected chi connectivity index (χ3v) is 4.23. The van der Waals surface area contributed by atoms with E-state index in [0.717, 1.165) is 27.9 Å². The maximum absolute atomic E-state index is 11.5. The smallest absolute Gasteiger partial charge is 0.310 e. The van der Waals surface area contributed by atoms with Crippen LogP contribution >= 0.6 is 0 Å². The van der Waals surface area contributed by atoms with E-state index in [1.807, 2.05) is 38.1 Å². The lowest BCUT2D eigenvalue weighted by Crippen LogP contribution is -2.04. The van der Waals surface area contributed by atoms with Crippen molar-refractivity contribution in [1.29, 1.82) is 0 Å². The second-order valence-corrected chi connectivity index (χ2v) is 5.97. The highest BCUT2D eigenvalue weighted by Gasteiger charge is 2.18. The SMILES string of the molecule is COC(=O)Cc1coc2c(OC)c(OCc3ccc(C)nc3C)ccc12. The number of benzene rings is 1. The molecule has 1 aromatic carbocycles. The summed E-state index contributed by atoms with van der Waals surface area (Å²) in [4.78, 5) is 16.0. The molecular formula is C20H21NO5. The van der Waals surface area contributed by atoms with Crippen molar-refractivity contribution in [2.75, 3.05) is 14.2 Å². The molecule has 0 aliphatic rings. The van der Waals surface area contributed by atoms with Gasteiger partial charge >= 0.3 is 5.97 Å². The van der Waals surface area contributed by atoms with Crippen molar-refractivity contribution in [3.63, 3.8) is 0 Å². The van der Waals surface area contributed by atoms with Crippen molar-refractivity contribution < 1.29 is 23.4 Å². The molecule has 0 saturated heterocycles. The van der Waals surface area contributed by atoms with Crippen molar-refractivity contribution in [2.45, 2.75) is 26.9 Å². The van der Waals surface area contributed by atoms with Crippen LogP contribution in [0.5, 0.6) is 11.5 Å². The van der Waals surface area contributed by atoms with E-state index in [4.69, 9.17) is 18.6 Å². The Labute approximate surface area is 151 Å². The lowest BCUT2D eigenvalue weighted by atomic mass is 10.1. The zero-order chi connectivity index (χ0) is 18.7. The molecule has 0 N–H and O–H groups in total. The van der Waals surface area contributed by atoms with Crippen LogP contribution in [0.2, 0.25) is 0 Å². The van der Waals surface area contributed by atoms with Crippen LogP contribution < -0.4 is 9.47 Å². The zero-order valence-corrected chi connectivity index (χ0v) is 15.3. The molecule has 0 aliphatic carbocycles. The highest BCUT2D eigenvalue weighted by Crippen LogP contribution is 2.38. The van der Waals surface area contributed by atoms with Crippen molar-refractivity contribution in [3.8, 4) is 11.5 Å². The fourth-order valence-corrected chi connectivity index (χ4v) is 2.80. The van der Waals surface area contributed by atoms with Gasteiger partial charge in [-0.25, -0.2) is 0 Å². The largest absolute Gasteiger partial charge is 0.490 e. The Hall–Kier alpha value is -3.02. The van der Waals surface area contributed by atoms with Crippen LogP contribution in [0.15, 0.2) is 34.9 Å². The molecule has 0 amide bonds. The summed E-state index contributed by atoms with van der Waals surface area (Å²) in [5, 5.41) is 0.799. The Morgan fingerprint density at radius 3 is 2.62 bits per heavy atom. The standard InChI is InChI=1S/C20H21NO5/c1-12-5-6-14(13(2)21-12)10-25-17-8-7-16-15(9-18(22)23-3)11-26-19(16)20(17)24-4/h5-8,11H,9-10H2,1-4H3. The van der Waals surface area contributed by atoms with Gasteiger partial charge in [-0.1, -0.05) is 6.07 Å². The van der Waals surface area contributed by atoms with E-state index >= 15 is 0 Å². The highest BCUT2D eigenvalue weighted by atomic mass is 16.5. The Morgan fingerprint density at radius 1 is 1.12 bits per heavy atom. The van der Waals surface area contributed by atoms with E-state index in [1.54, 1.807) is 13.4 Å². The van der Waals surface area contributed by atoms with E-state index in [9.17, 15) is 4.79 Å². The maximum Gasteiger partial charge on any atom is 0.310 e. The van der Waals surface area contributed by atoms with Gasteiger partial charge in [0.15, 0.2) is 11.3 Å². The molecule has 0 radical (unpaired) electrons. The monoisotopic (exact) mass is 355 g/mol. The first kappa shape index (κ1) is 17.8. The molecule has 0 saturated carbocycles. The van der Waals surface area contributed by atoms with Gasteiger partial charge in [0, 0.05) is 27.9 Å². The summed E-state index contributed by atoms with van der Waals surface area (Å²) < 4.78 is 21.8. The number of methoxy groups -OCH3 is 2. The molecule has 0 bridgehead atoms. The summed E-state index contributed by atoms with van der Waals surface area (Å²) in [6.07, 6.45) is 1.68. The molecule has 0 unspecified atom stereocenters. The van der Waals surface area contributed by atoms with Gasteiger partial charge in [0.2, 0.25) is 5.75 Å². The van der Waals surface area contributed by atoms with Crippen molar-refractivity contribution in [1.82, 2.24) is 4.98 Å². The topological polar surface area (TPSA) is 70.8 Å². The van der Waals surface area contributed by atoms with E-state index in [2.05, 4.69) is 4.98 Å². The Morgan fingerprint density at radius 2 is 1.92 bits per heavy atom. The van der Waals surface area contributed by atoms with E-state index < -0.39 is 0 Å². The number of fused-ring (bicyclic) bond motifs is 1. The number of aromatic nitrogens is 1. The van der Waals surface area contributed by atoms with E-state index in [1.165, 1.54) is 7.11 Å². The Kier molecular flexibility index (Phi) is 5.11. The first-order valence-electron chi connectivity index (χ1n) is 8.23. The molecule has 0 atom stereocenters. The highest BCUT2D eigenvalue weighted by molar-refractivity contribution is 5.91. The number of aryl methyl sites for hydroxylation is 2. The second kappa shape index (κ2) is 7.47. The molecule has 6 nitrogen and oxygen atoms in total. The third kappa shape index (κ3) is 3.49. The second-order valence-electron chi connectivity index (χ2n) is 5.97. The quantitative estimate of drug-likeness (QED) is 0.627. The number of hydrogen-bond donors (Lipinski definition) is 0. The predicted octanol–water partition coefficient (Wildman–Crippen LogP) is 3.75. The van der Waals surface area contributed by atoms with Crippen LogP contribution in [0.1, 0.15) is 22.5 Å². The van der Waals surface area contributed by atoms with Crippen LogP contribution in [-0.2, 0) is 22.6 Å². The van der Waals surface area contributed by atoms with Gasteiger partial charge in [-0.15, -0.1) is 0 Å². The van der Waals surface area contributed by atoms with Crippen molar-refractivity contribution >= 4 is 16.9 Å². The number of carbonyl (C=O) groups excluding carboxylic acids is 1. The fourth-order valence-electron chi connectivity index (χ4n) is 2.80. The van der Waals surface area contributed by atoms with Gasteiger partial charge in [0.05, 0.1) is 26.9 Å². The fraction of sp³-hybridized carbons (Fsp3) is 0.300. The maximum atomic E-state index is 11.5. The summed E-state index contributed by atoms with van der Waals surface area (Å²) in [6.45, 7) is 4.28. The molecule has 0 aliphatic heterocycles. The molecule has 2 aromatic heterocycles. The molecule has 26 heavy (non-hydrogen) atoms. The van der Waals surface area contributed by atoms with Crippen LogP contribution in [0.4, 0.5) is 0 Å². The van der Waals surface area contributed by atoms with Crippen molar-refractivity contribution in [3.05, 3.63) is 53.0 Å². The summed E-state index contributed by atoms with van der Waals surface area (Å²) in [7, 11) is 2.92. The molecule has 136 valence electrons. The normalized spacial score (nSPS) is 10.8. The summed E-state index contributed by atoms with van der Waals surface area (Å²) in [5.41, 5.74) is 4.20. The number of carbonyl (C=O) groups is 1. The van der Waals surface area contributed by atoms with Gasteiger partial charge in [-0.2, -0.15) is 0 Å². The first-order valence-corrected chi connectivity index (χ1v) is 8.23. The lowest BCUT2D eigenvalue weighted by molar-refractivity contribution is -0.139. The molecule has 0 fully saturated rings.